The molecule has 2 aliphatic rings. The van der Waals surface area contributed by atoms with Crippen LogP contribution in [0.2, 0.25) is 0 Å². The van der Waals surface area contributed by atoms with Gasteiger partial charge < -0.3 is 14.5 Å². The van der Waals surface area contributed by atoms with Crippen LogP contribution in [0.4, 0.5) is 5.69 Å². The van der Waals surface area contributed by atoms with Gasteiger partial charge in [-0.1, -0.05) is 12.1 Å². The van der Waals surface area contributed by atoms with Crippen LogP contribution in [0.25, 0.3) is 10.9 Å². The summed E-state index contributed by atoms with van der Waals surface area (Å²) in [5.41, 5.74) is 5.06. The molecule has 2 saturated heterocycles. The summed E-state index contributed by atoms with van der Waals surface area (Å²) in [6.45, 7) is 7.35. The van der Waals surface area contributed by atoms with Crippen molar-refractivity contribution in [3.05, 3.63) is 65.4 Å². The molecule has 32 heavy (non-hydrogen) atoms. The number of fused-ring (bicyclic) bond motifs is 1. The number of likely N-dealkylation sites (tertiary alicyclic amines) is 1. The number of pyridine rings is 1. The summed E-state index contributed by atoms with van der Waals surface area (Å²) >= 11 is 0. The van der Waals surface area contributed by atoms with Crippen molar-refractivity contribution >= 4 is 16.6 Å². The summed E-state index contributed by atoms with van der Waals surface area (Å²) in [4.78, 5) is 10.1. The number of hydrogen-bond acceptors (Lipinski definition) is 5. The fraction of sp³-hybridized carbons (Fsp3) is 0.407. The summed E-state index contributed by atoms with van der Waals surface area (Å²) in [7, 11) is 0. The van der Waals surface area contributed by atoms with Crippen molar-refractivity contribution in [2.45, 2.75) is 45.3 Å². The standard InChI is InChI=1S/C27H30N4O/c1-20-15-27(31-14-4-5-23(31)18-30-12-2-3-13-30)25-11-10-24(16-26(25)29-20)32-19-22-8-6-21(17-28)7-9-22/h6-11,15-16,23H,2-5,12-14,18-19H2,1H3/t23-/m0/s1. The summed E-state index contributed by atoms with van der Waals surface area (Å²) in [5, 5.41) is 10.2. The normalized spacial score (nSPS) is 18.9. The predicted octanol–water partition coefficient (Wildman–Crippen LogP) is 5.06. The van der Waals surface area contributed by atoms with Crippen LogP contribution in [0, 0.1) is 18.3 Å². The van der Waals surface area contributed by atoms with Gasteiger partial charge in [0.05, 0.1) is 17.1 Å². The van der Waals surface area contributed by atoms with E-state index in [0.29, 0.717) is 18.2 Å². The minimum Gasteiger partial charge on any atom is -0.489 e. The molecule has 2 aliphatic heterocycles. The second kappa shape index (κ2) is 9.18. The fourth-order valence-corrected chi connectivity index (χ4v) is 5.09. The van der Waals surface area contributed by atoms with Crippen molar-refractivity contribution in [1.29, 1.82) is 5.26 Å². The molecule has 0 spiro atoms. The third kappa shape index (κ3) is 4.42. The Labute approximate surface area is 190 Å². The molecule has 1 aromatic heterocycles. The van der Waals surface area contributed by atoms with Crippen molar-refractivity contribution in [3.63, 3.8) is 0 Å². The minimum atomic E-state index is 0.472. The van der Waals surface area contributed by atoms with Crippen molar-refractivity contribution in [2.75, 3.05) is 31.1 Å². The number of anilines is 1. The number of benzene rings is 2. The molecule has 0 unspecified atom stereocenters. The van der Waals surface area contributed by atoms with Gasteiger partial charge in [-0.2, -0.15) is 5.26 Å². The quantitative estimate of drug-likeness (QED) is 0.552. The predicted molar refractivity (Wildman–Crippen MR) is 128 cm³/mol. The highest BCUT2D eigenvalue weighted by atomic mass is 16.5. The lowest BCUT2D eigenvalue weighted by molar-refractivity contribution is 0.306. The van der Waals surface area contributed by atoms with Crippen LogP contribution in [0.3, 0.4) is 0 Å². The van der Waals surface area contributed by atoms with Crippen LogP contribution in [-0.4, -0.2) is 42.1 Å². The van der Waals surface area contributed by atoms with Crippen LogP contribution in [0.1, 0.15) is 42.5 Å². The lowest BCUT2D eigenvalue weighted by Gasteiger charge is -2.31. The third-order valence-corrected chi connectivity index (χ3v) is 6.73. The molecule has 2 fully saturated rings. The first-order valence-electron chi connectivity index (χ1n) is 11.7. The molecule has 2 aromatic carbocycles. The largest absolute Gasteiger partial charge is 0.489 e. The van der Waals surface area contributed by atoms with Crippen molar-refractivity contribution < 1.29 is 4.74 Å². The molecule has 0 radical (unpaired) electrons. The Morgan fingerprint density at radius 3 is 2.62 bits per heavy atom. The van der Waals surface area contributed by atoms with Gasteiger partial charge >= 0.3 is 0 Å². The van der Waals surface area contributed by atoms with Crippen LogP contribution in [-0.2, 0) is 6.61 Å². The lowest BCUT2D eigenvalue weighted by atomic mass is 10.1. The van der Waals surface area contributed by atoms with Gasteiger partial charge in [0.15, 0.2) is 0 Å². The number of nitrogens with zero attached hydrogens (tertiary/aromatic N) is 4. The van der Waals surface area contributed by atoms with Crippen LogP contribution in [0.5, 0.6) is 5.75 Å². The summed E-state index contributed by atoms with van der Waals surface area (Å²) in [6, 6.07) is 18.8. The van der Waals surface area contributed by atoms with Crippen LogP contribution >= 0.6 is 0 Å². The summed E-state index contributed by atoms with van der Waals surface area (Å²) < 4.78 is 6.05. The second-order valence-corrected chi connectivity index (χ2v) is 9.06. The van der Waals surface area contributed by atoms with Crippen molar-refractivity contribution in [3.8, 4) is 11.8 Å². The highest BCUT2D eigenvalue weighted by Crippen LogP contribution is 2.34. The molecular weight excluding hydrogens is 396 g/mol. The van der Waals surface area contributed by atoms with Gasteiger partial charge in [-0.15, -0.1) is 0 Å². The number of rotatable bonds is 6. The number of aromatic nitrogens is 1. The second-order valence-electron chi connectivity index (χ2n) is 9.06. The zero-order valence-corrected chi connectivity index (χ0v) is 18.8. The molecule has 0 saturated carbocycles. The Kier molecular flexibility index (Phi) is 5.96. The third-order valence-electron chi connectivity index (χ3n) is 6.73. The number of nitriles is 1. The Balaban J connectivity index is 1.36. The first-order valence-corrected chi connectivity index (χ1v) is 11.7. The highest BCUT2D eigenvalue weighted by Gasteiger charge is 2.29. The van der Waals surface area contributed by atoms with E-state index in [2.05, 4.69) is 47.1 Å². The fourth-order valence-electron chi connectivity index (χ4n) is 5.09. The first kappa shape index (κ1) is 20.8. The van der Waals surface area contributed by atoms with Crippen molar-refractivity contribution in [1.82, 2.24) is 9.88 Å². The minimum absolute atomic E-state index is 0.472. The summed E-state index contributed by atoms with van der Waals surface area (Å²) in [5.74, 6) is 0.820. The lowest BCUT2D eigenvalue weighted by Crippen LogP contribution is -2.39. The van der Waals surface area contributed by atoms with Gasteiger partial charge in [-0.3, -0.25) is 4.98 Å². The molecule has 1 atom stereocenters. The Hall–Kier alpha value is -3.10. The van der Waals surface area contributed by atoms with Gasteiger partial charge in [-0.25, -0.2) is 0 Å². The van der Waals surface area contributed by atoms with Gasteiger partial charge in [0.1, 0.15) is 12.4 Å². The maximum absolute atomic E-state index is 8.95. The van der Waals surface area contributed by atoms with E-state index in [9.17, 15) is 0 Å². The zero-order chi connectivity index (χ0) is 21.9. The van der Waals surface area contributed by atoms with Gasteiger partial charge in [0.25, 0.3) is 0 Å². The molecule has 0 bridgehead atoms. The van der Waals surface area contributed by atoms with Crippen molar-refractivity contribution in [2.24, 2.45) is 0 Å². The van der Waals surface area contributed by atoms with E-state index in [1.807, 2.05) is 24.3 Å². The van der Waals surface area contributed by atoms with E-state index in [0.717, 1.165) is 29.1 Å². The average molecular weight is 427 g/mol. The molecule has 0 amide bonds. The van der Waals surface area contributed by atoms with E-state index in [1.165, 1.54) is 56.4 Å². The summed E-state index contributed by atoms with van der Waals surface area (Å²) in [6.07, 6.45) is 5.21. The molecule has 3 aromatic rings. The Morgan fingerprint density at radius 2 is 1.84 bits per heavy atom. The Bertz CT molecular complexity index is 1130. The molecule has 3 heterocycles. The zero-order valence-electron chi connectivity index (χ0n) is 18.8. The highest BCUT2D eigenvalue weighted by molar-refractivity contribution is 5.93. The molecular formula is C27H30N4O. The molecule has 0 aliphatic carbocycles. The Morgan fingerprint density at radius 1 is 1.03 bits per heavy atom. The number of hydrogen-bond donors (Lipinski definition) is 0. The van der Waals surface area contributed by atoms with E-state index < -0.39 is 0 Å². The van der Waals surface area contributed by atoms with E-state index in [-0.39, 0.29) is 0 Å². The molecule has 5 nitrogen and oxygen atoms in total. The van der Waals surface area contributed by atoms with E-state index in [1.54, 1.807) is 0 Å². The number of ether oxygens (including phenoxy) is 1. The van der Waals surface area contributed by atoms with Gasteiger partial charge in [0.2, 0.25) is 0 Å². The molecule has 5 rings (SSSR count). The van der Waals surface area contributed by atoms with Gasteiger partial charge in [-0.05, 0) is 81.6 Å². The SMILES string of the molecule is Cc1cc(N2CCC[C@H]2CN2CCCC2)c2ccc(OCc3ccc(C#N)cc3)cc2n1. The monoisotopic (exact) mass is 426 g/mol. The topological polar surface area (TPSA) is 52.4 Å². The molecule has 164 valence electrons. The molecule has 5 heteroatoms. The van der Waals surface area contributed by atoms with E-state index >= 15 is 0 Å². The van der Waals surface area contributed by atoms with Crippen LogP contribution < -0.4 is 9.64 Å². The number of aryl methyl sites for hydroxylation is 1. The average Bonchev–Trinajstić information content (AvgIpc) is 3.50. The van der Waals surface area contributed by atoms with E-state index in [4.69, 9.17) is 15.0 Å². The maximum atomic E-state index is 8.95. The molecule has 0 N–H and O–H groups in total. The first-order chi connectivity index (χ1) is 15.7. The maximum Gasteiger partial charge on any atom is 0.122 e. The smallest absolute Gasteiger partial charge is 0.122 e. The van der Waals surface area contributed by atoms with Crippen LogP contribution in [0.15, 0.2) is 48.5 Å². The van der Waals surface area contributed by atoms with Gasteiger partial charge in [0, 0.05) is 42.0 Å².